The molecule has 2 aromatic carbocycles. The Bertz CT molecular complexity index is 978. The maximum atomic E-state index is 12.6. The van der Waals surface area contributed by atoms with Crippen LogP contribution in [-0.4, -0.2) is 34.9 Å². The summed E-state index contributed by atoms with van der Waals surface area (Å²) < 4.78 is 0. The van der Waals surface area contributed by atoms with Gasteiger partial charge in [0.2, 0.25) is 0 Å². The number of ketones is 1. The quantitative estimate of drug-likeness (QED) is 0.612. The normalized spacial score (nSPS) is 13.1. The molecular weight excluding hydrogens is 356 g/mol. The number of rotatable bonds is 6. The summed E-state index contributed by atoms with van der Waals surface area (Å²) in [7, 11) is 0. The van der Waals surface area contributed by atoms with Crippen molar-refractivity contribution >= 4 is 29.2 Å². The monoisotopic (exact) mass is 378 g/mol. The minimum Gasteiger partial charge on any atom is -0.322 e. The molecule has 144 valence electrons. The Morgan fingerprint density at radius 1 is 0.964 bits per heavy atom. The molecule has 0 radical (unpaired) electrons. The van der Waals surface area contributed by atoms with Crippen molar-refractivity contribution in [1.82, 2.24) is 4.90 Å². The predicted octanol–water partition coefficient (Wildman–Crippen LogP) is 3.78. The van der Waals surface area contributed by atoms with Crippen molar-refractivity contribution in [2.24, 2.45) is 5.92 Å². The van der Waals surface area contributed by atoms with Gasteiger partial charge in [-0.2, -0.15) is 0 Å². The Hall–Kier alpha value is -3.28. The zero-order valence-corrected chi connectivity index (χ0v) is 16.1. The molecule has 0 saturated carbocycles. The number of benzene rings is 2. The van der Waals surface area contributed by atoms with Crippen molar-refractivity contribution in [2.45, 2.75) is 27.2 Å². The number of carbonyl (C=O) groups excluding carboxylic acids is 4. The molecule has 6 nitrogen and oxygen atoms in total. The van der Waals surface area contributed by atoms with Crippen LogP contribution in [0.2, 0.25) is 0 Å². The van der Waals surface area contributed by atoms with E-state index in [0.717, 1.165) is 6.42 Å². The van der Waals surface area contributed by atoms with Gasteiger partial charge in [-0.05, 0) is 49.6 Å². The van der Waals surface area contributed by atoms with Crippen LogP contribution in [-0.2, 0) is 0 Å². The summed E-state index contributed by atoms with van der Waals surface area (Å²) in [5.41, 5.74) is 1.83. The molecule has 1 N–H and O–H groups in total. The summed E-state index contributed by atoms with van der Waals surface area (Å²) in [5.74, 6) is -0.823. The fourth-order valence-electron chi connectivity index (χ4n) is 3.04. The first-order chi connectivity index (χ1) is 13.3. The lowest BCUT2D eigenvalue weighted by atomic mass is 10.0. The minimum atomic E-state index is -0.413. The van der Waals surface area contributed by atoms with E-state index < -0.39 is 5.91 Å². The van der Waals surface area contributed by atoms with E-state index in [-0.39, 0.29) is 28.7 Å². The van der Waals surface area contributed by atoms with Gasteiger partial charge in [0.15, 0.2) is 5.78 Å². The molecule has 0 aliphatic carbocycles. The van der Waals surface area contributed by atoms with Crippen LogP contribution < -0.4 is 5.32 Å². The number of fused-ring (bicyclic) bond motifs is 1. The number of nitrogens with one attached hydrogen (secondary N) is 1. The van der Waals surface area contributed by atoms with Gasteiger partial charge in [0.05, 0.1) is 11.1 Å². The van der Waals surface area contributed by atoms with Crippen molar-refractivity contribution < 1.29 is 19.2 Å². The Kier molecular flexibility index (Phi) is 5.40. The number of imide groups is 1. The molecule has 0 atom stereocenters. The van der Waals surface area contributed by atoms with E-state index in [9.17, 15) is 19.2 Å². The Morgan fingerprint density at radius 3 is 2.36 bits per heavy atom. The molecule has 0 saturated heterocycles. The zero-order valence-electron chi connectivity index (χ0n) is 16.1. The Morgan fingerprint density at radius 2 is 1.68 bits per heavy atom. The lowest BCUT2D eigenvalue weighted by Gasteiger charge is -2.14. The summed E-state index contributed by atoms with van der Waals surface area (Å²) in [4.78, 5) is 50.4. The lowest BCUT2D eigenvalue weighted by Crippen LogP contribution is -2.31. The molecule has 1 aliphatic rings. The second-order valence-electron chi connectivity index (χ2n) is 7.30. The number of hydrogen-bond acceptors (Lipinski definition) is 4. The molecule has 0 fully saturated rings. The highest BCUT2D eigenvalue weighted by Crippen LogP contribution is 2.25. The highest BCUT2D eigenvalue weighted by molar-refractivity contribution is 6.22. The van der Waals surface area contributed by atoms with E-state index in [0.29, 0.717) is 29.3 Å². The third-order valence-corrected chi connectivity index (χ3v) is 4.69. The van der Waals surface area contributed by atoms with E-state index in [1.807, 2.05) is 13.8 Å². The maximum absolute atomic E-state index is 12.6. The number of Topliss-reactive ketones (excluding diaryl/α,β-unsaturated/α-hetero) is 1. The predicted molar refractivity (Wildman–Crippen MR) is 106 cm³/mol. The molecule has 2 aromatic rings. The molecule has 3 amide bonds. The molecule has 0 aromatic heterocycles. The van der Waals surface area contributed by atoms with Crippen LogP contribution >= 0.6 is 0 Å². The van der Waals surface area contributed by atoms with Gasteiger partial charge < -0.3 is 5.32 Å². The largest absolute Gasteiger partial charge is 0.322 e. The third kappa shape index (κ3) is 3.86. The van der Waals surface area contributed by atoms with E-state index in [1.165, 1.54) is 30.0 Å². The summed E-state index contributed by atoms with van der Waals surface area (Å²) in [6.07, 6.45) is 0.727. The second kappa shape index (κ2) is 7.76. The van der Waals surface area contributed by atoms with Gasteiger partial charge in [0.1, 0.15) is 0 Å². The summed E-state index contributed by atoms with van der Waals surface area (Å²) >= 11 is 0. The van der Waals surface area contributed by atoms with Crippen molar-refractivity contribution in [3.05, 3.63) is 64.7 Å². The number of carbonyl (C=O) groups is 4. The summed E-state index contributed by atoms with van der Waals surface area (Å²) in [6, 6.07) is 11.1. The molecular formula is C22H22N2O4. The number of hydrogen-bond donors (Lipinski definition) is 1. The van der Waals surface area contributed by atoms with Crippen LogP contribution in [0.15, 0.2) is 42.5 Å². The third-order valence-electron chi connectivity index (χ3n) is 4.69. The first-order valence-corrected chi connectivity index (χ1v) is 9.20. The molecule has 1 heterocycles. The summed E-state index contributed by atoms with van der Waals surface area (Å²) in [6.45, 7) is 5.88. The van der Waals surface area contributed by atoms with Crippen LogP contribution in [0.4, 0.5) is 5.69 Å². The standard InChI is InChI=1S/C22H22N2O4/c1-13(2)9-10-24-21(27)18-8-7-16(12-19(18)22(24)28)20(26)23-17-6-4-5-15(11-17)14(3)25/h4-8,11-13H,9-10H2,1-3H3,(H,23,26). The molecule has 3 rings (SSSR count). The molecule has 6 heteroatoms. The highest BCUT2D eigenvalue weighted by atomic mass is 16.2. The molecule has 0 unspecified atom stereocenters. The van der Waals surface area contributed by atoms with Crippen molar-refractivity contribution in [3.63, 3.8) is 0 Å². The SMILES string of the molecule is CC(=O)c1cccc(NC(=O)c2ccc3c(c2)C(=O)N(CCC(C)C)C3=O)c1. The van der Waals surface area contributed by atoms with Gasteiger partial charge in [-0.1, -0.05) is 26.0 Å². The average Bonchev–Trinajstić information content (AvgIpc) is 2.90. The smallest absolute Gasteiger partial charge is 0.261 e. The van der Waals surface area contributed by atoms with Crippen LogP contribution in [0.5, 0.6) is 0 Å². The van der Waals surface area contributed by atoms with Gasteiger partial charge in [0.25, 0.3) is 17.7 Å². The van der Waals surface area contributed by atoms with Crippen molar-refractivity contribution in [3.8, 4) is 0 Å². The average molecular weight is 378 g/mol. The van der Waals surface area contributed by atoms with Gasteiger partial charge in [0, 0.05) is 23.4 Å². The minimum absolute atomic E-state index is 0.0979. The number of amides is 3. The summed E-state index contributed by atoms with van der Waals surface area (Å²) in [5, 5.41) is 2.72. The molecule has 0 bridgehead atoms. The lowest BCUT2D eigenvalue weighted by molar-refractivity contribution is 0.0647. The number of anilines is 1. The van der Waals surface area contributed by atoms with Crippen molar-refractivity contribution in [1.29, 1.82) is 0 Å². The maximum Gasteiger partial charge on any atom is 0.261 e. The fraction of sp³-hybridized carbons (Fsp3) is 0.273. The first-order valence-electron chi connectivity index (χ1n) is 9.20. The van der Waals surface area contributed by atoms with Crippen LogP contribution in [0, 0.1) is 5.92 Å². The van der Waals surface area contributed by atoms with Gasteiger partial charge in [-0.25, -0.2) is 0 Å². The van der Waals surface area contributed by atoms with Gasteiger partial charge in [-0.3, -0.25) is 24.1 Å². The van der Waals surface area contributed by atoms with E-state index in [2.05, 4.69) is 5.32 Å². The Balaban J connectivity index is 1.80. The van der Waals surface area contributed by atoms with Crippen molar-refractivity contribution in [2.75, 3.05) is 11.9 Å². The highest BCUT2D eigenvalue weighted by Gasteiger charge is 2.35. The molecule has 0 spiro atoms. The topological polar surface area (TPSA) is 83.6 Å². The zero-order chi connectivity index (χ0) is 20.4. The van der Waals surface area contributed by atoms with Gasteiger partial charge in [-0.15, -0.1) is 0 Å². The van der Waals surface area contributed by atoms with E-state index >= 15 is 0 Å². The van der Waals surface area contributed by atoms with E-state index in [4.69, 9.17) is 0 Å². The second-order valence-corrected chi connectivity index (χ2v) is 7.30. The van der Waals surface area contributed by atoms with Crippen LogP contribution in [0.1, 0.15) is 68.6 Å². The van der Waals surface area contributed by atoms with Gasteiger partial charge >= 0.3 is 0 Å². The fourth-order valence-corrected chi connectivity index (χ4v) is 3.04. The van der Waals surface area contributed by atoms with Crippen LogP contribution in [0.25, 0.3) is 0 Å². The first kappa shape index (κ1) is 19.5. The Labute approximate surface area is 163 Å². The van der Waals surface area contributed by atoms with Crippen LogP contribution in [0.3, 0.4) is 0 Å². The molecule has 28 heavy (non-hydrogen) atoms. The van der Waals surface area contributed by atoms with E-state index in [1.54, 1.807) is 24.3 Å². The number of nitrogens with zero attached hydrogens (tertiary/aromatic N) is 1. The molecule has 1 aliphatic heterocycles.